The van der Waals surface area contributed by atoms with E-state index in [-0.39, 0.29) is 16.5 Å². The first kappa shape index (κ1) is 25.4. The zero-order chi connectivity index (χ0) is 24.1. The Balaban J connectivity index is 2.00. The molecule has 0 spiro atoms. The minimum Gasteiger partial charge on any atom is -0.451 e. The van der Waals surface area contributed by atoms with Gasteiger partial charge in [0.05, 0.1) is 0 Å². The van der Waals surface area contributed by atoms with E-state index in [1.807, 2.05) is 43.3 Å². The molecule has 2 rings (SSSR count). The van der Waals surface area contributed by atoms with Crippen molar-refractivity contribution in [2.75, 3.05) is 45.7 Å². The minimum absolute atomic E-state index is 0.0141. The Morgan fingerprint density at radius 2 is 1.62 bits per heavy atom. The molecular formula is C22H32N4O5S. The van der Waals surface area contributed by atoms with E-state index in [9.17, 15) is 18.0 Å². The second-order valence-electron chi connectivity index (χ2n) is 7.65. The van der Waals surface area contributed by atoms with Crippen molar-refractivity contribution in [3.8, 4) is 0 Å². The van der Waals surface area contributed by atoms with E-state index in [2.05, 4.69) is 0 Å². The van der Waals surface area contributed by atoms with Crippen LogP contribution in [0.25, 0.3) is 0 Å². The minimum atomic E-state index is -3.70. The number of hydrogen-bond donors (Lipinski definition) is 0. The standard InChI is InChI=1S/C22H32N4O5S/c1-7-26(8-2)32(29,30)19-13-20(24(5)15-19)22(28)31-16-21(27)25(6)14-17-9-11-18(12-10-17)23(3)4/h9-13,15H,7-8,14,16H2,1-6H3. The lowest BCUT2D eigenvalue weighted by atomic mass is 10.2. The molecule has 0 bridgehead atoms. The molecule has 0 aliphatic heterocycles. The summed E-state index contributed by atoms with van der Waals surface area (Å²) < 4.78 is 33.2. The van der Waals surface area contributed by atoms with Gasteiger partial charge in [-0.05, 0) is 23.8 Å². The Labute approximate surface area is 190 Å². The van der Waals surface area contributed by atoms with Gasteiger partial charge in [-0.15, -0.1) is 0 Å². The van der Waals surface area contributed by atoms with Gasteiger partial charge < -0.3 is 19.1 Å². The molecule has 0 unspecified atom stereocenters. The van der Waals surface area contributed by atoms with Crippen LogP contribution in [-0.2, 0) is 33.1 Å². The predicted molar refractivity (Wildman–Crippen MR) is 123 cm³/mol. The van der Waals surface area contributed by atoms with Crippen LogP contribution in [0, 0.1) is 0 Å². The molecule has 0 radical (unpaired) electrons. The number of likely N-dealkylation sites (N-methyl/N-ethyl adjacent to an activating group) is 1. The third kappa shape index (κ3) is 5.89. The van der Waals surface area contributed by atoms with Crippen LogP contribution in [0.2, 0.25) is 0 Å². The smallest absolute Gasteiger partial charge is 0.355 e. The van der Waals surface area contributed by atoms with Crippen LogP contribution in [0.15, 0.2) is 41.4 Å². The van der Waals surface area contributed by atoms with E-state index >= 15 is 0 Å². The van der Waals surface area contributed by atoms with Crippen LogP contribution in [0.3, 0.4) is 0 Å². The van der Waals surface area contributed by atoms with Gasteiger partial charge in [-0.25, -0.2) is 13.2 Å². The average Bonchev–Trinajstić information content (AvgIpc) is 3.15. The summed E-state index contributed by atoms with van der Waals surface area (Å²) in [5, 5.41) is 0. The monoisotopic (exact) mass is 464 g/mol. The second-order valence-corrected chi connectivity index (χ2v) is 9.59. The molecular weight excluding hydrogens is 432 g/mol. The van der Waals surface area contributed by atoms with Crippen molar-refractivity contribution in [1.29, 1.82) is 0 Å². The van der Waals surface area contributed by atoms with Gasteiger partial charge in [-0.3, -0.25) is 4.79 Å². The number of rotatable bonds is 10. The summed E-state index contributed by atoms with van der Waals surface area (Å²) in [7, 11) is 3.40. The van der Waals surface area contributed by atoms with Crippen molar-refractivity contribution >= 4 is 27.6 Å². The fourth-order valence-electron chi connectivity index (χ4n) is 3.16. The Morgan fingerprint density at radius 3 is 2.16 bits per heavy atom. The molecule has 0 aliphatic carbocycles. The summed E-state index contributed by atoms with van der Waals surface area (Å²) in [6.07, 6.45) is 1.37. The van der Waals surface area contributed by atoms with Crippen LogP contribution in [-0.4, -0.2) is 74.9 Å². The highest BCUT2D eigenvalue weighted by atomic mass is 32.2. The molecule has 1 aromatic carbocycles. The molecule has 2 aromatic rings. The molecule has 0 fully saturated rings. The van der Waals surface area contributed by atoms with Crippen LogP contribution in [0.5, 0.6) is 0 Å². The highest BCUT2D eigenvalue weighted by molar-refractivity contribution is 7.89. The van der Waals surface area contributed by atoms with E-state index in [0.717, 1.165) is 11.3 Å². The molecule has 9 nitrogen and oxygen atoms in total. The number of amides is 1. The molecule has 1 aromatic heterocycles. The van der Waals surface area contributed by atoms with Gasteiger partial charge >= 0.3 is 5.97 Å². The van der Waals surface area contributed by atoms with Gasteiger partial charge in [0.25, 0.3) is 5.91 Å². The van der Waals surface area contributed by atoms with E-state index in [0.29, 0.717) is 19.6 Å². The number of ether oxygens (including phenoxy) is 1. The topological polar surface area (TPSA) is 92.2 Å². The number of sulfonamides is 1. The molecule has 0 saturated heterocycles. The molecule has 0 atom stereocenters. The number of aromatic nitrogens is 1. The maximum absolute atomic E-state index is 12.7. The highest BCUT2D eigenvalue weighted by Gasteiger charge is 2.26. The Hall–Kier alpha value is -2.85. The molecule has 176 valence electrons. The summed E-state index contributed by atoms with van der Waals surface area (Å²) in [6, 6.07) is 9.08. The fourth-order valence-corrected chi connectivity index (χ4v) is 4.69. The summed E-state index contributed by atoms with van der Waals surface area (Å²) in [5.74, 6) is -1.12. The van der Waals surface area contributed by atoms with Gasteiger partial charge in [-0.1, -0.05) is 26.0 Å². The maximum Gasteiger partial charge on any atom is 0.355 e. The SMILES string of the molecule is CCN(CC)S(=O)(=O)c1cc(C(=O)OCC(=O)N(C)Cc2ccc(N(C)C)cc2)n(C)c1. The van der Waals surface area contributed by atoms with Crippen LogP contribution >= 0.6 is 0 Å². The first-order valence-electron chi connectivity index (χ1n) is 10.3. The first-order chi connectivity index (χ1) is 15.0. The summed E-state index contributed by atoms with van der Waals surface area (Å²) in [4.78, 5) is 28.4. The van der Waals surface area contributed by atoms with Crippen LogP contribution in [0.1, 0.15) is 29.9 Å². The van der Waals surface area contributed by atoms with Crippen molar-refractivity contribution in [3.05, 3.63) is 47.8 Å². The zero-order valence-electron chi connectivity index (χ0n) is 19.5. The van der Waals surface area contributed by atoms with Gasteiger partial charge in [0.15, 0.2) is 6.61 Å². The number of nitrogens with zero attached hydrogens (tertiary/aromatic N) is 4. The third-order valence-electron chi connectivity index (χ3n) is 5.16. The van der Waals surface area contributed by atoms with Gasteiger partial charge in [0.1, 0.15) is 10.6 Å². The molecule has 10 heteroatoms. The van der Waals surface area contributed by atoms with E-state index in [4.69, 9.17) is 4.74 Å². The largest absolute Gasteiger partial charge is 0.451 e. The lowest BCUT2D eigenvalue weighted by Gasteiger charge is -2.18. The number of carbonyl (C=O) groups is 2. The predicted octanol–water partition coefficient (Wildman–Crippen LogP) is 1.94. The normalized spacial score (nSPS) is 11.5. The number of anilines is 1. The summed E-state index contributed by atoms with van der Waals surface area (Å²) >= 11 is 0. The Kier molecular flexibility index (Phi) is 8.45. The quantitative estimate of drug-likeness (QED) is 0.499. The second kappa shape index (κ2) is 10.6. The summed E-state index contributed by atoms with van der Waals surface area (Å²) in [6.45, 7) is 4.09. The summed E-state index contributed by atoms with van der Waals surface area (Å²) in [5.41, 5.74) is 2.07. The lowest BCUT2D eigenvalue weighted by molar-refractivity contribution is -0.133. The van der Waals surface area contributed by atoms with Gasteiger partial charge in [-0.2, -0.15) is 4.31 Å². The Morgan fingerprint density at radius 1 is 1.03 bits per heavy atom. The highest BCUT2D eigenvalue weighted by Crippen LogP contribution is 2.19. The third-order valence-corrected chi connectivity index (χ3v) is 7.17. The van der Waals surface area contributed by atoms with Gasteiger partial charge in [0, 0.05) is 59.7 Å². The van der Waals surface area contributed by atoms with E-state index in [1.54, 1.807) is 27.9 Å². The van der Waals surface area contributed by atoms with Crippen molar-refractivity contribution < 1.29 is 22.7 Å². The molecule has 0 saturated carbocycles. The Bertz CT molecular complexity index is 1040. The molecule has 32 heavy (non-hydrogen) atoms. The molecule has 0 N–H and O–H groups in total. The average molecular weight is 465 g/mol. The number of esters is 1. The van der Waals surface area contributed by atoms with Crippen molar-refractivity contribution in [2.45, 2.75) is 25.3 Å². The van der Waals surface area contributed by atoms with Crippen LogP contribution < -0.4 is 4.90 Å². The van der Waals surface area contributed by atoms with Crippen LogP contribution in [0.4, 0.5) is 5.69 Å². The van der Waals surface area contributed by atoms with Crippen molar-refractivity contribution in [3.63, 3.8) is 0 Å². The molecule has 0 aliphatic rings. The lowest BCUT2D eigenvalue weighted by Crippen LogP contribution is -2.31. The van der Waals surface area contributed by atoms with Gasteiger partial charge in [0.2, 0.25) is 10.0 Å². The molecule has 1 amide bonds. The van der Waals surface area contributed by atoms with Crippen molar-refractivity contribution in [1.82, 2.24) is 13.8 Å². The van der Waals surface area contributed by atoms with E-state index in [1.165, 1.54) is 26.0 Å². The van der Waals surface area contributed by atoms with Crippen molar-refractivity contribution in [2.24, 2.45) is 7.05 Å². The first-order valence-corrected chi connectivity index (χ1v) is 11.8. The van der Waals surface area contributed by atoms with E-state index < -0.39 is 22.6 Å². The number of benzene rings is 1. The number of aryl methyl sites for hydroxylation is 1. The number of hydrogen-bond acceptors (Lipinski definition) is 6. The fraction of sp³-hybridized carbons (Fsp3) is 0.455. The maximum atomic E-state index is 12.7. The zero-order valence-corrected chi connectivity index (χ0v) is 20.3. The molecule has 1 heterocycles. The number of carbonyl (C=O) groups excluding carboxylic acids is 2.